The molecule has 1 amide bonds. The lowest BCUT2D eigenvalue weighted by Crippen LogP contribution is -2.33. The summed E-state index contributed by atoms with van der Waals surface area (Å²) in [5.41, 5.74) is 0. The minimum absolute atomic E-state index is 0.112. The van der Waals surface area contributed by atoms with E-state index in [1.165, 1.54) is 36.2 Å². The molecule has 98 valence electrons. The van der Waals surface area contributed by atoms with Crippen molar-refractivity contribution in [3.63, 3.8) is 0 Å². The second-order valence-electron chi connectivity index (χ2n) is 3.71. The molecule has 0 bridgehead atoms. The predicted octanol–water partition coefficient (Wildman–Crippen LogP) is 1.14. The highest BCUT2D eigenvalue weighted by atomic mass is 19.1. The molecule has 0 fully saturated rings. The maximum Gasteiger partial charge on any atom is 0.305 e. The van der Waals surface area contributed by atoms with E-state index < -0.39 is 11.8 Å². The van der Waals surface area contributed by atoms with E-state index in [0.29, 0.717) is 0 Å². The van der Waals surface area contributed by atoms with E-state index >= 15 is 0 Å². The summed E-state index contributed by atoms with van der Waals surface area (Å²) < 4.78 is 17.9. The lowest BCUT2D eigenvalue weighted by molar-refractivity contribution is -0.138. The Kier molecular flexibility index (Phi) is 5.10. The summed E-state index contributed by atoms with van der Waals surface area (Å²) in [6.45, 7) is -0.139. The maximum absolute atomic E-state index is 12.8. The van der Waals surface area contributed by atoms with Crippen molar-refractivity contribution in [3.8, 4) is 5.75 Å². The molecule has 0 radical (unpaired) electrons. The molecule has 0 aliphatic carbocycles. The van der Waals surface area contributed by atoms with Crippen LogP contribution in [0.15, 0.2) is 24.3 Å². The number of rotatable bonds is 6. The van der Waals surface area contributed by atoms with Crippen molar-refractivity contribution in [1.29, 1.82) is 0 Å². The first-order valence-electron chi connectivity index (χ1n) is 5.33. The lowest BCUT2D eigenvalue weighted by atomic mass is 10.3. The smallest absolute Gasteiger partial charge is 0.305 e. The number of benzene rings is 1. The zero-order valence-corrected chi connectivity index (χ0v) is 9.93. The summed E-state index contributed by atoms with van der Waals surface area (Å²) >= 11 is 0. The fourth-order valence-corrected chi connectivity index (χ4v) is 1.20. The molecule has 5 nitrogen and oxygen atoms in total. The number of hydrogen-bond acceptors (Lipinski definition) is 3. The van der Waals surface area contributed by atoms with Crippen LogP contribution >= 0.6 is 0 Å². The molecular formula is C12H14FNO4. The maximum atomic E-state index is 12.8. The first-order valence-corrected chi connectivity index (χ1v) is 5.33. The Bertz CT molecular complexity index is 436. The fraction of sp³-hybridized carbons (Fsp3) is 0.333. The number of carbonyl (C=O) groups is 2. The molecule has 0 atom stereocenters. The van der Waals surface area contributed by atoms with E-state index in [1.807, 2.05) is 0 Å². The summed E-state index contributed by atoms with van der Waals surface area (Å²) in [6.07, 6.45) is -0.123. The van der Waals surface area contributed by atoms with E-state index in [-0.39, 0.29) is 31.2 Å². The molecule has 0 saturated carbocycles. The Morgan fingerprint density at radius 3 is 2.78 bits per heavy atom. The predicted molar refractivity (Wildman–Crippen MR) is 61.8 cm³/mol. The van der Waals surface area contributed by atoms with Gasteiger partial charge in [0.15, 0.2) is 6.61 Å². The third kappa shape index (κ3) is 4.82. The minimum Gasteiger partial charge on any atom is -0.484 e. The molecule has 6 heteroatoms. The van der Waals surface area contributed by atoms with Crippen LogP contribution in [0.2, 0.25) is 0 Å². The van der Waals surface area contributed by atoms with E-state index in [1.54, 1.807) is 0 Å². The number of ether oxygens (including phenoxy) is 1. The molecule has 0 aromatic heterocycles. The molecule has 0 spiro atoms. The molecule has 0 heterocycles. The van der Waals surface area contributed by atoms with Gasteiger partial charge in [0, 0.05) is 19.7 Å². The average Bonchev–Trinajstić information content (AvgIpc) is 2.33. The van der Waals surface area contributed by atoms with Gasteiger partial charge in [0.1, 0.15) is 11.6 Å². The number of carbonyl (C=O) groups excluding carboxylic acids is 1. The number of amides is 1. The Morgan fingerprint density at radius 2 is 2.17 bits per heavy atom. The number of aliphatic carboxylic acids is 1. The van der Waals surface area contributed by atoms with E-state index in [4.69, 9.17) is 9.84 Å². The standard InChI is InChI=1S/C12H14FNO4/c1-14(6-5-12(16)17)11(15)8-18-10-4-2-3-9(13)7-10/h2-4,7H,5-6,8H2,1H3,(H,16,17). The number of carboxylic acids is 1. The number of carboxylic acid groups (broad SMARTS) is 1. The molecule has 0 unspecified atom stereocenters. The van der Waals surface area contributed by atoms with Gasteiger partial charge in [-0.2, -0.15) is 0 Å². The minimum atomic E-state index is -0.972. The van der Waals surface area contributed by atoms with Crippen LogP contribution in [0.5, 0.6) is 5.75 Å². The Morgan fingerprint density at radius 1 is 1.44 bits per heavy atom. The summed E-state index contributed by atoms with van der Waals surface area (Å²) in [4.78, 5) is 23.1. The van der Waals surface area contributed by atoms with Crippen LogP contribution in [0.1, 0.15) is 6.42 Å². The quantitative estimate of drug-likeness (QED) is 0.827. The highest BCUT2D eigenvalue weighted by Gasteiger charge is 2.11. The van der Waals surface area contributed by atoms with Gasteiger partial charge >= 0.3 is 5.97 Å². The fourth-order valence-electron chi connectivity index (χ4n) is 1.20. The van der Waals surface area contributed by atoms with Crippen LogP contribution < -0.4 is 4.74 Å². The van der Waals surface area contributed by atoms with Crippen LogP contribution in [0, 0.1) is 5.82 Å². The largest absolute Gasteiger partial charge is 0.484 e. The molecule has 1 N–H and O–H groups in total. The van der Waals surface area contributed by atoms with Gasteiger partial charge in [0.25, 0.3) is 5.91 Å². The SMILES string of the molecule is CN(CCC(=O)O)C(=O)COc1cccc(F)c1. The first kappa shape index (κ1) is 14.0. The van der Waals surface area contributed by atoms with Crippen molar-refractivity contribution in [2.45, 2.75) is 6.42 Å². The van der Waals surface area contributed by atoms with Crippen molar-refractivity contribution >= 4 is 11.9 Å². The van der Waals surface area contributed by atoms with Gasteiger partial charge in [-0.15, -0.1) is 0 Å². The van der Waals surface area contributed by atoms with E-state index in [2.05, 4.69) is 0 Å². The Hall–Kier alpha value is -2.11. The molecule has 0 saturated heterocycles. The van der Waals surface area contributed by atoms with Crippen LogP contribution in [-0.2, 0) is 9.59 Å². The van der Waals surface area contributed by atoms with Gasteiger partial charge in [-0.1, -0.05) is 6.07 Å². The molecule has 1 aromatic rings. The number of likely N-dealkylation sites (N-methyl/N-ethyl adjacent to an activating group) is 1. The van der Waals surface area contributed by atoms with Crippen molar-refractivity contribution in [2.24, 2.45) is 0 Å². The first-order chi connectivity index (χ1) is 8.49. The van der Waals surface area contributed by atoms with E-state index in [0.717, 1.165) is 0 Å². The van der Waals surface area contributed by atoms with Crippen molar-refractivity contribution in [3.05, 3.63) is 30.1 Å². The average molecular weight is 255 g/mol. The van der Waals surface area contributed by atoms with Gasteiger partial charge in [0.2, 0.25) is 0 Å². The number of nitrogens with zero attached hydrogens (tertiary/aromatic N) is 1. The molecule has 0 aliphatic heterocycles. The van der Waals surface area contributed by atoms with Crippen LogP contribution in [0.4, 0.5) is 4.39 Å². The van der Waals surface area contributed by atoms with Crippen LogP contribution in [0.3, 0.4) is 0 Å². The zero-order valence-electron chi connectivity index (χ0n) is 9.93. The summed E-state index contributed by atoms with van der Waals surface area (Å²) in [7, 11) is 1.49. The lowest BCUT2D eigenvalue weighted by Gasteiger charge is -2.16. The normalized spacial score (nSPS) is 9.89. The molecular weight excluding hydrogens is 241 g/mol. The second-order valence-corrected chi connectivity index (χ2v) is 3.71. The summed E-state index contributed by atoms with van der Waals surface area (Å²) in [5.74, 6) is -1.52. The van der Waals surface area contributed by atoms with Crippen LogP contribution in [0.25, 0.3) is 0 Å². The van der Waals surface area contributed by atoms with Gasteiger partial charge in [-0.25, -0.2) is 4.39 Å². The highest BCUT2D eigenvalue weighted by molar-refractivity contribution is 5.78. The monoisotopic (exact) mass is 255 g/mol. The van der Waals surface area contributed by atoms with Crippen molar-refractivity contribution in [1.82, 2.24) is 4.90 Å². The third-order valence-corrected chi connectivity index (χ3v) is 2.25. The zero-order chi connectivity index (χ0) is 13.5. The van der Waals surface area contributed by atoms with Gasteiger partial charge < -0.3 is 14.7 Å². The van der Waals surface area contributed by atoms with Crippen LogP contribution in [-0.4, -0.2) is 42.1 Å². The summed E-state index contributed by atoms with van der Waals surface area (Å²) in [6, 6.07) is 5.45. The molecule has 1 rings (SSSR count). The Balaban J connectivity index is 2.38. The van der Waals surface area contributed by atoms with Crippen molar-refractivity contribution in [2.75, 3.05) is 20.2 Å². The topological polar surface area (TPSA) is 66.8 Å². The Labute approximate surface area is 104 Å². The van der Waals surface area contributed by atoms with Gasteiger partial charge in [0.05, 0.1) is 6.42 Å². The third-order valence-electron chi connectivity index (χ3n) is 2.25. The molecule has 1 aromatic carbocycles. The summed E-state index contributed by atoms with van der Waals surface area (Å²) in [5, 5.41) is 8.47. The second kappa shape index (κ2) is 6.58. The van der Waals surface area contributed by atoms with E-state index in [9.17, 15) is 14.0 Å². The van der Waals surface area contributed by atoms with Gasteiger partial charge in [-0.05, 0) is 12.1 Å². The molecule has 0 aliphatic rings. The van der Waals surface area contributed by atoms with Crippen molar-refractivity contribution < 1.29 is 23.8 Å². The highest BCUT2D eigenvalue weighted by Crippen LogP contribution is 2.11. The number of hydrogen-bond donors (Lipinski definition) is 1. The molecule has 18 heavy (non-hydrogen) atoms. The van der Waals surface area contributed by atoms with Gasteiger partial charge in [-0.3, -0.25) is 9.59 Å². The number of halogens is 1.